The second kappa shape index (κ2) is 14.6. The highest BCUT2D eigenvalue weighted by molar-refractivity contribution is 14.0. The Morgan fingerprint density at radius 2 is 1.96 bits per heavy atom. The van der Waals surface area contributed by atoms with E-state index in [9.17, 15) is 0 Å². The van der Waals surface area contributed by atoms with Crippen LogP contribution < -0.4 is 15.4 Å². The van der Waals surface area contributed by atoms with E-state index < -0.39 is 0 Å². The molecular weight excluding hydrogens is 405 g/mol. The van der Waals surface area contributed by atoms with E-state index in [4.69, 9.17) is 9.47 Å². The number of hydrogen-bond donors (Lipinski definition) is 2. The van der Waals surface area contributed by atoms with Gasteiger partial charge in [0.15, 0.2) is 5.96 Å². The number of nitrogens with zero attached hydrogens (tertiary/aromatic N) is 1. The van der Waals surface area contributed by atoms with Crippen molar-refractivity contribution in [1.29, 1.82) is 0 Å². The second-order valence-corrected chi connectivity index (χ2v) is 4.75. The zero-order valence-electron chi connectivity index (χ0n) is 14.4. The molecular formula is C17H30IN3O2. The number of benzene rings is 1. The maximum atomic E-state index is 5.51. The van der Waals surface area contributed by atoms with E-state index in [0.29, 0.717) is 13.2 Å². The lowest BCUT2D eigenvalue weighted by atomic mass is 10.2. The van der Waals surface area contributed by atoms with Crippen molar-refractivity contribution in [1.82, 2.24) is 10.6 Å². The standard InChI is InChI=1S/C17H29N3O2.HI/c1-4-18-17(19-11-8-12-21-5-2)20-14-15-9-7-10-16(13-15)22-6-3;/h7,9-10,13H,4-6,8,11-12,14H2,1-3H3,(H2,18,19,20);1H. The Labute approximate surface area is 157 Å². The van der Waals surface area contributed by atoms with Gasteiger partial charge in [-0.25, -0.2) is 4.99 Å². The van der Waals surface area contributed by atoms with Crippen LogP contribution in [0.2, 0.25) is 0 Å². The molecule has 6 heteroatoms. The fourth-order valence-corrected chi connectivity index (χ4v) is 1.94. The average molecular weight is 435 g/mol. The van der Waals surface area contributed by atoms with Crippen molar-refractivity contribution in [2.24, 2.45) is 4.99 Å². The molecule has 0 heterocycles. The van der Waals surface area contributed by atoms with Crippen molar-refractivity contribution in [3.63, 3.8) is 0 Å². The molecule has 0 aromatic heterocycles. The van der Waals surface area contributed by atoms with Gasteiger partial charge in [0.2, 0.25) is 0 Å². The van der Waals surface area contributed by atoms with E-state index in [0.717, 1.165) is 50.0 Å². The summed E-state index contributed by atoms with van der Waals surface area (Å²) in [5, 5.41) is 6.57. The third kappa shape index (κ3) is 10.4. The first-order chi connectivity index (χ1) is 10.8. The molecule has 0 saturated carbocycles. The molecule has 0 amide bonds. The molecule has 0 bridgehead atoms. The molecule has 1 aromatic carbocycles. The van der Waals surface area contributed by atoms with Gasteiger partial charge < -0.3 is 20.1 Å². The SMILES string of the molecule is CCNC(=NCc1cccc(OCC)c1)NCCCOCC.I. The van der Waals surface area contributed by atoms with Crippen LogP contribution >= 0.6 is 24.0 Å². The molecule has 1 rings (SSSR count). The van der Waals surface area contributed by atoms with Gasteiger partial charge in [0, 0.05) is 26.3 Å². The maximum Gasteiger partial charge on any atom is 0.191 e. The van der Waals surface area contributed by atoms with Crippen LogP contribution in [0.4, 0.5) is 0 Å². The van der Waals surface area contributed by atoms with Gasteiger partial charge in [-0.15, -0.1) is 24.0 Å². The molecule has 0 unspecified atom stereocenters. The number of hydrogen-bond acceptors (Lipinski definition) is 3. The fraction of sp³-hybridized carbons (Fsp3) is 0.588. The van der Waals surface area contributed by atoms with E-state index in [1.807, 2.05) is 32.0 Å². The van der Waals surface area contributed by atoms with E-state index >= 15 is 0 Å². The average Bonchev–Trinajstić information content (AvgIpc) is 2.53. The first-order valence-corrected chi connectivity index (χ1v) is 8.11. The summed E-state index contributed by atoms with van der Waals surface area (Å²) < 4.78 is 10.8. The highest BCUT2D eigenvalue weighted by Gasteiger charge is 1.99. The third-order valence-corrected chi connectivity index (χ3v) is 2.94. The van der Waals surface area contributed by atoms with Crippen LogP contribution in [-0.4, -0.2) is 38.9 Å². The van der Waals surface area contributed by atoms with Crippen LogP contribution in [0, 0.1) is 0 Å². The number of guanidine groups is 1. The van der Waals surface area contributed by atoms with Crippen molar-refractivity contribution in [3.05, 3.63) is 29.8 Å². The first kappa shape index (κ1) is 22.0. The number of rotatable bonds is 10. The monoisotopic (exact) mass is 435 g/mol. The van der Waals surface area contributed by atoms with Crippen molar-refractivity contribution >= 4 is 29.9 Å². The first-order valence-electron chi connectivity index (χ1n) is 8.11. The quantitative estimate of drug-likeness (QED) is 0.257. The number of halogens is 1. The summed E-state index contributed by atoms with van der Waals surface area (Å²) in [5.41, 5.74) is 1.14. The van der Waals surface area contributed by atoms with Crippen LogP contribution in [-0.2, 0) is 11.3 Å². The second-order valence-electron chi connectivity index (χ2n) is 4.75. The molecule has 0 fully saturated rings. The van der Waals surface area contributed by atoms with Gasteiger partial charge in [0.1, 0.15) is 5.75 Å². The summed E-state index contributed by atoms with van der Waals surface area (Å²) in [6.45, 7) is 10.6. The van der Waals surface area contributed by atoms with Gasteiger partial charge >= 0.3 is 0 Å². The minimum Gasteiger partial charge on any atom is -0.494 e. The largest absolute Gasteiger partial charge is 0.494 e. The van der Waals surface area contributed by atoms with Crippen LogP contribution in [0.25, 0.3) is 0 Å². The van der Waals surface area contributed by atoms with Crippen LogP contribution in [0.15, 0.2) is 29.3 Å². The zero-order chi connectivity index (χ0) is 16.0. The highest BCUT2D eigenvalue weighted by atomic mass is 127. The number of ether oxygens (including phenoxy) is 2. The molecule has 0 radical (unpaired) electrons. The molecule has 132 valence electrons. The topological polar surface area (TPSA) is 54.9 Å². The predicted molar refractivity (Wildman–Crippen MR) is 107 cm³/mol. The Morgan fingerprint density at radius 3 is 2.65 bits per heavy atom. The van der Waals surface area contributed by atoms with Gasteiger partial charge in [-0.2, -0.15) is 0 Å². The summed E-state index contributed by atoms with van der Waals surface area (Å²) in [5.74, 6) is 1.73. The minimum absolute atomic E-state index is 0. The molecule has 23 heavy (non-hydrogen) atoms. The van der Waals surface area contributed by atoms with E-state index in [1.54, 1.807) is 0 Å². The molecule has 0 saturated heterocycles. The number of aliphatic imine (C=N–C) groups is 1. The molecule has 0 atom stereocenters. The fourth-order valence-electron chi connectivity index (χ4n) is 1.94. The summed E-state index contributed by atoms with van der Waals surface area (Å²) in [6.07, 6.45) is 0.970. The van der Waals surface area contributed by atoms with Crippen molar-refractivity contribution in [3.8, 4) is 5.75 Å². The summed E-state index contributed by atoms with van der Waals surface area (Å²) in [7, 11) is 0. The predicted octanol–water partition coefficient (Wildman–Crippen LogP) is 3.19. The van der Waals surface area contributed by atoms with Crippen LogP contribution in [0.1, 0.15) is 32.8 Å². The summed E-state index contributed by atoms with van der Waals surface area (Å²) >= 11 is 0. The summed E-state index contributed by atoms with van der Waals surface area (Å²) in [4.78, 5) is 4.60. The zero-order valence-corrected chi connectivity index (χ0v) is 16.8. The smallest absolute Gasteiger partial charge is 0.191 e. The Bertz CT molecular complexity index is 442. The van der Waals surface area contributed by atoms with E-state index in [1.165, 1.54) is 0 Å². The Kier molecular flexibility index (Phi) is 13.9. The van der Waals surface area contributed by atoms with Gasteiger partial charge in [-0.05, 0) is 44.9 Å². The lowest BCUT2D eigenvalue weighted by Crippen LogP contribution is -2.38. The maximum absolute atomic E-state index is 5.51. The van der Waals surface area contributed by atoms with Gasteiger partial charge in [-0.3, -0.25) is 0 Å². The lowest BCUT2D eigenvalue weighted by molar-refractivity contribution is 0.145. The molecule has 2 N–H and O–H groups in total. The lowest BCUT2D eigenvalue weighted by Gasteiger charge is -2.11. The minimum atomic E-state index is 0. The van der Waals surface area contributed by atoms with Gasteiger partial charge in [0.25, 0.3) is 0 Å². The molecule has 5 nitrogen and oxygen atoms in total. The van der Waals surface area contributed by atoms with Crippen LogP contribution in [0.5, 0.6) is 5.75 Å². The molecule has 0 spiro atoms. The van der Waals surface area contributed by atoms with Gasteiger partial charge in [-0.1, -0.05) is 12.1 Å². The molecule has 0 aliphatic heterocycles. The third-order valence-electron chi connectivity index (χ3n) is 2.94. The van der Waals surface area contributed by atoms with Crippen molar-refractivity contribution < 1.29 is 9.47 Å². The van der Waals surface area contributed by atoms with E-state index in [2.05, 4.69) is 28.6 Å². The van der Waals surface area contributed by atoms with E-state index in [-0.39, 0.29) is 24.0 Å². The van der Waals surface area contributed by atoms with Crippen molar-refractivity contribution in [2.75, 3.05) is 32.9 Å². The molecule has 1 aromatic rings. The van der Waals surface area contributed by atoms with Crippen LogP contribution in [0.3, 0.4) is 0 Å². The normalized spacial score (nSPS) is 10.8. The number of nitrogens with one attached hydrogen (secondary N) is 2. The Morgan fingerprint density at radius 1 is 1.13 bits per heavy atom. The Balaban J connectivity index is 0.00000484. The summed E-state index contributed by atoms with van der Waals surface area (Å²) in [6, 6.07) is 8.06. The molecule has 0 aliphatic rings. The van der Waals surface area contributed by atoms with Crippen molar-refractivity contribution in [2.45, 2.75) is 33.7 Å². The Hall–Kier alpha value is -1.02. The highest BCUT2D eigenvalue weighted by Crippen LogP contribution is 2.13. The van der Waals surface area contributed by atoms with Gasteiger partial charge in [0.05, 0.1) is 13.2 Å². The molecule has 0 aliphatic carbocycles.